The molecule has 2 aromatic carbocycles. The highest BCUT2D eigenvalue weighted by Crippen LogP contribution is 2.25. The molecular formula is C25H33N5O2. The number of hydrogen-bond acceptors (Lipinski definition) is 4. The van der Waals surface area contributed by atoms with E-state index in [0.29, 0.717) is 18.0 Å². The summed E-state index contributed by atoms with van der Waals surface area (Å²) in [6.07, 6.45) is 4.41. The lowest BCUT2D eigenvalue weighted by Crippen LogP contribution is -2.52. The first kappa shape index (κ1) is 23.3. The molecule has 1 saturated heterocycles. The summed E-state index contributed by atoms with van der Waals surface area (Å²) in [4.78, 5) is 20.7. The molecule has 0 radical (unpaired) electrons. The quantitative estimate of drug-likeness (QED) is 0.517. The van der Waals surface area contributed by atoms with E-state index >= 15 is 0 Å². The average Bonchev–Trinajstić information content (AvgIpc) is 2.81. The van der Waals surface area contributed by atoms with Crippen molar-refractivity contribution in [2.45, 2.75) is 13.5 Å². The number of methoxy groups -OCH3 is 1. The fraction of sp³-hybridized carbons (Fsp3) is 0.360. The number of ether oxygens (including phenoxy) is 1. The molecule has 1 aliphatic heterocycles. The molecule has 7 nitrogen and oxygen atoms in total. The van der Waals surface area contributed by atoms with Crippen molar-refractivity contribution < 1.29 is 9.53 Å². The third-order valence-corrected chi connectivity index (χ3v) is 5.38. The first-order valence-electron chi connectivity index (χ1n) is 10.9. The maximum atomic E-state index is 11.5. The second-order valence-electron chi connectivity index (χ2n) is 7.72. The van der Waals surface area contributed by atoms with Gasteiger partial charge in [0.2, 0.25) is 5.91 Å². The Hall–Kier alpha value is -3.32. The van der Waals surface area contributed by atoms with Crippen molar-refractivity contribution in [3.63, 3.8) is 0 Å². The van der Waals surface area contributed by atoms with Crippen LogP contribution < -0.4 is 15.4 Å². The number of carbonyl (C=O) groups excluding carboxylic acids is 1. The van der Waals surface area contributed by atoms with Gasteiger partial charge in [-0.25, -0.2) is 0 Å². The fourth-order valence-corrected chi connectivity index (χ4v) is 3.71. The van der Waals surface area contributed by atoms with E-state index < -0.39 is 0 Å². The van der Waals surface area contributed by atoms with Crippen LogP contribution in [-0.2, 0) is 11.3 Å². The summed E-state index contributed by atoms with van der Waals surface area (Å²) in [6.45, 7) is 6.90. The molecule has 170 valence electrons. The second-order valence-corrected chi connectivity index (χ2v) is 7.72. The van der Waals surface area contributed by atoms with Gasteiger partial charge in [0.15, 0.2) is 5.96 Å². The van der Waals surface area contributed by atoms with Crippen LogP contribution in [0.25, 0.3) is 6.08 Å². The number of rotatable bonds is 7. The van der Waals surface area contributed by atoms with Crippen molar-refractivity contribution in [1.82, 2.24) is 15.1 Å². The van der Waals surface area contributed by atoms with E-state index in [4.69, 9.17) is 4.74 Å². The van der Waals surface area contributed by atoms with Crippen LogP contribution in [0.4, 0.5) is 5.69 Å². The zero-order valence-corrected chi connectivity index (χ0v) is 19.2. The minimum atomic E-state index is -0.124. The molecule has 0 bridgehead atoms. The predicted molar refractivity (Wildman–Crippen MR) is 131 cm³/mol. The Labute approximate surface area is 190 Å². The number of aliphatic imine (C=N–C) groups is 1. The summed E-state index contributed by atoms with van der Waals surface area (Å²) in [7, 11) is 3.41. The van der Waals surface area contributed by atoms with Gasteiger partial charge in [0, 0.05) is 53.2 Å². The Bertz CT molecular complexity index is 935. The van der Waals surface area contributed by atoms with Crippen LogP contribution in [0, 0.1) is 0 Å². The monoisotopic (exact) mass is 435 g/mol. The minimum absolute atomic E-state index is 0.124. The SMILES string of the molecule is CN=C(NCc1ccc(OC)c(NC(C)=O)c1)N1CCN(C/C=C/c2ccccc2)CC1. The van der Waals surface area contributed by atoms with Crippen LogP contribution in [0.1, 0.15) is 18.1 Å². The summed E-state index contributed by atoms with van der Waals surface area (Å²) >= 11 is 0. The van der Waals surface area contributed by atoms with Gasteiger partial charge < -0.3 is 20.3 Å². The van der Waals surface area contributed by atoms with Crippen molar-refractivity contribution in [3.8, 4) is 5.75 Å². The third-order valence-electron chi connectivity index (χ3n) is 5.38. The number of guanidine groups is 1. The van der Waals surface area contributed by atoms with Crippen molar-refractivity contribution in [2.75, 3.05) is 52.2 Å². The van der Waals surface area contributed by atoms with E-state index in [1.54, 1.807) is 7.11 Å². The summed E-state index contributed by atoms with van der Waals surface area (Å²) in [5.41, 5.74) is 2.95. The molecule has 0 atom stereocenters. The summed E-state index contributed by atoms with van der Waals surface area (Å²) in [5, 5.41) is 6.26. The van der Waals surface area contributed by atoms with E-state index in [0.717, 1.165) is 44.2 Å². The lowest BCUT2D eigenvalue weighted by atomic mass is 10.2. The summed E-state index contributed by atoms with van der Waals surface area (Å²) < 4.78 is 5.33. The highest BCUT2D eigenvalue weighted by atomic mass is 16.5. The topological polar surface area (TPSA) is 69.2 Å². The van der Waals surface area contributed by atoms with Gasteiger partial charge in [0.25, 0.3) is 0 Å². The maximum Gasteiger partial charge on any atom is 0.221 e. The first-order chi connectivity index (χ1) is 15.6. The Balaban J connectivity index is 1.49. The maximum absolute atomic E-state index is 11.5. The van der Waals surface area contributed by atoms with Crippen LogP contribution in [0.2, 0.25) is 0 Å². The van der Waals surface area contributed by atoms with Crippen molar-refractivity contribution in [3.05, 3.63) is 65.7 Å². The number of nitrogens with one attached hydrogen (secondary N) is 2. The zero-order chi connectivity index (χ0) is 22.8. The molecule has 1 aliphatic rings. The average molecular weight is 436 g/mol. The van der Waals surface area contributed by atoms with Crippen LogP contribution in [-0.4, -0.2) is 68.5 Å². The molecule has 0 aromatic heterocycles. The Kier molecular flexibility index (Phi) is 8.69. The number of piperazine rings is 1. The minimum Gasteiger partial charge on any atom is -0.495 e. The van der Waals surface area contributed by atoms with E-state index in [-0.39, 0.29) is 5.91 Å². The molecule has 2 N–H and O–H groups in total. The molecule has 0 unspecified atom stereocenters. The summed E-state index contributed by atoms with van der Waals surface area (Å²) in [6, 6.07) is 16.2. The Morgan fingerprint density at radius 2 is 1.88 bits per heavy atom. The number of amides is 1. The largest absolute Gasteiger partial charge is 0.495 e. The standard InChI is InChI=1S/C25H33N5O2/c1-20(31)28-23-18-22(11-12-24(23)32-3)19-27-25(26-2)30-16-14-29(15-17-30)13-7-10-21-8-5-4-6-9-21/h4-12,18H,13-17,19H2,1-3H3,(H,26,27)(H,28,31)/b10-7+. The molecular weight excluding hydrogens is 402 g/mol. The number of benzene rings is 2. The normalized spacial score (nSPS) is 15.1. The molecule has 0 aliphatic carbocycles. The number of carbonyl (C=O) groups is 1. The number of hydrogen-bond donors (Lipinski definition) is 2. The highest BCUT2D eigenvalue weighted by Gasteiger charge is 2.18. The highest BCUT2D eigenvalue weighted by molar-refractivity contribution is 5.90. The van der Waals surface area contributed by atoms with Gasteiger partial charge in [0.05, 0.1) is 12.8 Å². The van der Waals surface area contributed by atoms with Gasteiger partial charge in [-0.05, 0) is 23.3 Å². The van der Waals surface area contributed by atoms with Crippen LogP contribution in [0.5, 0.6) is 5.75 Å². The number of nitrogens with zero attached hydrogens (tertiary/aromatic N) is 3. The van der Waals surface area contributed by atoms with Gasteiger partial charge in [-0.15, -0.1) is 0 Å². The Morgan fingerprint density at radius 3 is 2.53 bits per heavy atom. The van der Waals surface area contributed by atoms with Gasteiger partial charge in [0.1, 0.15) is 5.75 Å². The molecule has 2 aromatic rings. The second kappa shape index (κ2) is 11.9. The third kappa shape index (κ3) is 6.85. The lowest BCUT2D eigenvalue weighted by molar-refractivity contribution is -0.114. The van der Waals surface area contributed by atoms with Crippen LogP contribution in [0.15, 0.2) is 59.6 Å². The molecule has 1 amide bonds. The summed E-state index contributed by atoms with van der Waals surface area (Å²) in [5.74, 6) is 1.41. The van der Waals surface area contributed by atoms with E-state index in [9.17, 15) is 4.79 Å². The fourth-order valence-electron chi connectivity index (χ4n) is 3.71. The molecule has 3 rings (SSSR count). The van der Waals surface area contributed by atoms with Crippen molar-refractivity contribution in [1.29, 1.82) is 0 Å². The Morgan fingerprint density at radius 1 is 1.12 bits per heavy atom. The van der Waals surface area contributed by atoms with E-state index in [1.165, 1.54) is 12.5 Å². The number of anilines is 1. The smallest absolute Gasteiger partial charge is 0.221 e. The van der Waals surface area contributed by atoms with E-state index in [1.807, 2.05) is 31.3 Å². The predicted octanol–water partition coefficient (Wildman–Crippen LogP) is 3.06. The molecule has 0 spiro atoms. The van der Waals surface area contributed by atoms with Crippen molar-refractivity contribution in [2.24, 2.45) is 4.99 Å². The van der Waals surface area contributed by atoms with E-state index in [2.05, 4.69) is 61.8 Å². The zero-order valence-electron chi connectivity index (χ0n) is 19.2. The first-order valence-corrected chi connectivity index (χ1v) is 10.9. The van der Waals surface area contributed by atoms with Gasteiger partial charge in [-0.2, -0.15) is 0 Å². The van der Waals surface area contributed by atoms with Gasteiger partial charge in [-0.3, -0.25) is 14.7 Å². The lowest BCUT2D eigenvalue weighted by Gasteiger charge is -2.36. The molecule has 0 saturated carbocycles. The van der Waals surface area contributed by atoms with Crippen LogP contribution in [0.3, 0.4) is 0 Å². The van der Waals surface area contributed by atoms with Crippen molar-refractivity contribution >= 4 is 23.6 Å². The molecule has 32 heavy (non-hydrogen) atoms. The molecule has 7 heteroatoms. The van der Waals surface area contributed by atoms with Crippen LogP contribution >= 0.6 is 0 Å². The van der Waals surface area contributed by atoms with Gasteiger partial charge in [-0.1, -0.05) is 48.6 Å². The van der Waals surface area contributed by atoms with Gasteiger partial charge >= 0.3 is 0 Å². The molecule has 1 fully saturated rings. The molecule has 1 heterocycles.